The number of aromatic nitrogens is 2. The Kier molecular flexibility index (Phi) is 4.91. The van der Waals surface area contributed by atoms with Crippen LogP contribution in [0.4, 0.5) is 0 Å². The number of aliphatic imine (C=N–C) groups is 1. The normalized spacial score (nSPS) is 18.3. The zero-order valence-corrected chi connectivity index (χ0v) is 8.93. The summed E-state index contributed by atoms with van der Waals surface area (Å²) in [6.07, 6.45) is 11.7. The number of nitrogens with zero attached hydrogens (tertiary/aromatic N) is 3. The molecule has 1 aliphatic rings. The first-order valence-corrected chi connectivity index (χ1v) is 4.92. The van der Waals surface area contributed by atoms with E-state index in [9.17, 15) is 0 Å². The molecule has 0 spiro atoms. The number of rotatable bonds is 2. The van der Waals surface area contributed by atoms with Gasteiger partial charge in [0.2, 0.25) is 0 Å². The van der Waals surface area contributed by atoms with Gasteiger partial charge in [-0.25, -0.2) is 0 Å². The minimum atomic E-state index is 0. The molecule has 14 heavy (non-hydrogen) atoms. The molecule has 3 nitrogen and oxygen atoms in total. The molecule has 2 rings (SSSR count). The summed E-state index contributed by atoms with van der Waals surface area (Å²) < 4.78 is 0. The van der Waals surface area contributed by atoms with Crippen molar-refractivity contribution in [2.75, 3.05) is 0 Å². The Hall–Kier alpha value is -0.601. The molecule has 1 aromatic heterocycles. The van der Waals surface area contributed by atoms with Gasteiger partial charge >= 0.3 is 17.1 Å². The topological polar surface area (TPSA) is 39.4 Å². The van der Waals surface area contributed by atoms with Gasteiger partial charge in [0.1, 0.15) is 0 Å². The molecule has 0 amide bonds. The van der Waals surface area contributed by atoms with Gasteiger partial charge in [0.15, 0.2) is 0 Å². The molecular weight excluding hydrogens is 226 g/mol. The molecule has 1 saturated carbocycles. The van der Waals surface area contributed by atoms with Crippen LogP contribution in [0.2, 0.25) is 0 Å². The molecule has 0 bridgehead atoms. The smallest absolute Gasteiger partial charge is 0.442 e. The third-order valence-electron chi connectivity index (χ3n) is 2.46. The van der Waals surface area contributed by atoms with Crippen molar-refractivity contribution in [1.29, 1.82) is 0 Å². The summed E-state index contributed by atoms with van der Waals surface area (Å²) in [5.41, 5.74) is 0. The number of hydrogen-bond acceptors (Lipinski definition) is 2. The molecule has 1 aliphatic carbocycles. The van der Waals surface area contributed by atoms with Crippen molar-refractivity contribution in [2.24, 2.45) is 4.99 Å². The zero-order valence-electron chi connectivity index (χ0n) is 7.99. The first kappa shape index (κ1) is 11.5. The molecule has 0 atom stereocenters. The molecule has 0 unspecified atom stereocenters. The second kappa shape index (κ2) is 5.99. The van der Waals surface area contributed by atoms with Crippen molar-refractivity contribution in [2.45, 2.75) is 38.1 Å². The standard InChI is InChI=1S/C10H14N3.Cu/c1-2-4-9(5-3-1)13-8-10-11-6-7-12-10;/h6-9H,1-5H2;/q-1;+1. The van der Waals surface area contributed by atoms with Crippen molar-refractivity contribution in [1.82, 2.24) is 9.97 Å². The van der Waals surface area contributed by atoms with Crippen LogP contribution in [0.1, 0.15) is 37.9 Å². The van der Waals surface area contributed by atoms with Gasteiger partial charge in [0.05, 0.1) is 0 Å². The Morgan fingerprint density at radius 2 is 2.14 bits per heavy atom. The Morgan fingerprint density at radius 3 is 2.79 bits per heavy atom. The van der Waals surface area contributed by atoms with E-state index in [-0.39, 0.29) is 17.1 Å². The number of hydrogen-bond donors (Lipinski definition) is 0. The van der Waals surface area contributed by atoms with E-state index < -0.39 is 0 Å². The van der Waals surface area contributed by atoms with E-state index >= 15 is 0 Å². The first-order valence-electron chi connectivity index (χ1n) is 4.92. The second-order valence-electron chi connectivity index (χ2n) is 3.48. The predicted octanol–water partition coefficient (Wildman–Crippen LogP) is 1.79. The maximum absolute atomic E-state index is 4.48. The average Bonchev–Trinajstić information content (AvgIpc) is 2.69. The van der Waals surface area contributed by atoms with Crippen LogP contribution in [0.15, 0.2) is 17.4 Å². The largest absolute Gasteiger partial charge is 1.00 e. The third kappa shape index (κ3) is 3.28. The third-order valence-corrected chi connectivity index (χ3v) is 2.46. The van der Waals surface area contributed by atoms with Crippen LogP contribution in [0.5, 0.6) is 0 Å². The van der Waals surface area contributed by atoms with Crippen LogP contribution in [0.3, 0.4) is 0 Å². The van der Waals surface area contributed by atoms with Crippen LogP contribution in [-0.4, -0.2) is 17.2 Å². The molecule has 1 heterocycles. The zero-order chi connectivity index (χ0) is 8.93. The minimum absolute atomic E-state index is 0. The van der Waals surface area contributed by atoms with Gasteiger partial charge in [-0.2, -0.15) is 0 Å². The van der Waals surface area contributed by atoms with Gasteiger partial charge in [0, 0.05) is 12.3 Å². The van der Waals surface area contributed by atoms with E-state index in [1.54, 1.807) is 18.6 Å². The van der Waals surface area contributed by atoms with Crippen LogP contribution < -0.4 is 4.98 Å². The van der Waals surface area contributed by atoms with Gasteiger partial charge in [0.25, 0.3) is 0 Å². The molecule has 1 fully saturated rings. The first-order chi connectivity index (χ1) is 6.45. The average molecular weight is 240 g/mol. The molecule has 0 aromatic carbocycles. The fourth-order valence-electron chi connectivity index (χ4n) is 1.72. The van der Waals surface area contributed by atoms with Crippen molar-refractivity contribution in [3.8, 4) is 0 Å². The Morgan fingerprint density at radius 1 is 1.36 bits per heavy atom. The van der Waals surface area contributed by atoms with Crippen LogP contribution in [0.25, 0.3) is 0 Å². The second-order valence-corrected chi connectivity index (χ2v) is 3.48. The van der Waals surface area contributed by atoms with Crippen LogP contribution in [-0.2, 0) is 17.1 Å². The van der Waals surface area contributed by atoms with Crippen LogP contribution >= 0.6 is 0 Å². The van der Waals surface area contributed by atoms with E-state index in [0.29, 0.717) is 6.04 Å². The predicted molar refractivity (Wildman–Crippen MR) is 52.0 cm³/mol. The van der Waals surface area contributed by atoms with E-state index in [1.165, 1.54) is 32.1 Å². The summed E-state index contributed by atoms with van der Waals surface area (Å²) in [6, 6.07) is 0.521. The van der Waals surface area contributed by atoms with Gasteiger partial charge < -0.3 is 9.97 Å². The molecule has 1 aromatic rings. The Labute approximate surface area is 94.9 Å². The van der Waals surface area contributed by atoms with Gasteiger partial charge in [-0.3, -0.25) is 4.99 Å². The quantitative estimate of drug-likeness (QED) is 0.583. The Bertz CT molecular complexity index is 263. The summed E-state index contributed by atoms with van der Waals surface area (Å²) in [5, 5.41) is 0. The molecule has 80 valence electrons. The molecular formula is C10H14CuN3. The molecule has 4 heteroatoms. The SMILES string of the molecule is C(=NC1CCCCC1)c1ncc[n-]1.[Cu+]. The summed E-state index contributed by atoms with van der Waals surface area (Å²) >= 11 is 0. The maximum atomic E-state index is 4.48. The molecule has 0 aliphatic heterocycles. The van der Waals surface area contributed by atoms with Crippen molar-refractivity contribution < 1.29 is 17.1 Å². The van der Waals surface area contributed by atoms with Gasteiger partial charge in [-0.1, -0.05) is 31.7 Å². The molecule has 0 N–H and O–H groups in total. The summed E-state index contributed by atoms with van der Waals surface area (Å²) in [7, 11) is 0. The van der Waals surface area contributed by atoms with Crippen LogP contribution in [0, 0.1) is 0 Å². The fraction of sp³-hybridized carbons (Fsp3) is 0.600. The van der Waals surface area contributed by atoms with Gasteiger partial charge in [-0.15, -0.1) is 0 Å². The van der Waals surface area contributed by atoms with Crippen molar-refractivity contribution in [3.63, 3.8) is 0 Å². The molecule has 0 radical (unpaired) electrons. The summed E-state index contributed by atoms with van der Waals surface area (Å²) in [6.45, 7) is 0. The minimum Gasteiger partial charge on any atom is -0.442 e. The van der Waals surface area contributed by atoms with E-state index in [2.05, 4.69) is 15.0 Å². The summed E-state index contributed by atoms with van der Waals surface area (Å²) in [4.78, 5) is 12.6. The van der Waals surface area contributed by atoms with E-state index in [1.807, 2.05) is 0 Å². The van der Waals surface area contributed by atoms with E-state index in [4.69, 9.17) is 0 Å². The number of imidazole rings is 1. The van der Waals surface area contributed by atoms with Gasteiger partial charge in [-0.05, 0) is 18.7 Å². The fourth-order valence-corrected chi connectivity index (χ4v) is 1.72. The van der Waals surface area contributed by atoms with E-state index in [0.717, 1.165) is 5.82 Å². The maximum Gasteiger partial charge on any atom is 1.00 e. The Balaban J connectivity index is 0.000000980. The van der Waals surface area contributed by atoms with Crippen molar-refractivity contribution in [3.05, 3.63) is 18.2 Å². The van der Waals surface area contributed by atoms with Crippen molar-refractivity contribution >= 4 is 6.21 Å². The summed E-state index contributed by atoms with van der Waals surface area (Å²) in [5.74, 6) is 0.741. The monoisotopic (exact) mass is 239 g/mol. The molecule has 0 saturated heterocycles.